The summed E-state index contributed by atoms with van der Waals surface area (Å²) in [5.74, 6) is 0.0690. The fourth-order valence-corrected chi connectivity index (χ4v) is 4.09. The lowest BCUT2D eigenvalue weighted by molar-refractivity contribution is -0.133. The molecular weight excluding hydrogens is 380 g/mol. The van der Waals surface area contributed by atoms with Crippen LogP contribution in [-0.2, 0) is 19.6 Å². The molecule has 2 fully saturated rings. The number of rotatable bonds is 7. The number of hydrogen-bond donors (Lipinski definition) is 2. The highest BCUT2D eigenvalue weighted by molar-refractivity contribution is 7.89. The van der Waals surface area contributed by atoms with Crippen molar-refractivity contribution in [2.45, 2.75) is 38.6 Å². The number of hydrogen-bond acceptors (Lipinski definition) is 5. The first kappa shape index (κ1) is 23.1. The lowest BCUT2D eigenvalue weighted by atomic mass is 9.97. The van der Waals surface area contributed by atoms with Crippen LogP contribution in [0.4, 0.5) is 0 Å². The molecule has 2 atom stereocenters. The molecule has 2 heterocycles. The Hall–Kier alpha value is -0.900. The lowest BCUT2D eigenvalue weighted by Crippen LogP contribution is -2.49. The molecule has 8 nitrogen and oxygen atoms in total. The van der Waals surface area contributed by atoms with Gasteiger partial charge in [0.05, 0.1) is 18.3 Å². The number of carbonyl (C=O) groups is 2. The Kier molecular flexibility index (Phi) is 9.29. The normalized spacial score (nSPS) is 23.6. The largest absolute Gasteiger partial charge is 0.354 e. The molecule has 0 bridgehead atoms. The van der Waals surface area contributed by atoms with Crippen LogP contribution in [0.1, 0.15) is 32.6 Å². The summed E-state index contributed by atoms with van der Waals surface area (Å²) in [4.78, 5) is 26.2. The van der Waals surface area contributed by atoms with Crippen LogP contribution in [0.2, 0.25) is 0 Å². The fraction of sp³-hybridized carbons (Fsp3) is 0.875. The molecular formula is C16H31ClN4O4S. The maximum atomic E-state index is 12.4. The Bertz CT molecular complexity index is 581. The second-order valence-electron chi connectivity index (χ2n) is 6.90. The number of carbonyl (C=O) groups excluding carboxylic acids is 2. The number of piperidine rings is 1. The molecule has 10 heteroatoms. The van der Waals surface area contributed by atoms with Crippen molar-refractivity contribution >= 4 is 34.2 Å². The van der Waals surface area contributed by atoms with Gasteiger partial charge in [0.25, 0.3) is 0 Å². The van der Waals surface area contributed by atoms with Crippen molar-refractivity contribution < 1.29 is 18.0 Å². The van der Waals surface area contributed by atoms with Gasteiger partial charge >= 0.3 is 0 Å². The number of nitrogens with zero attached hydrogens (tertiary/aromatic N) is 2. The lowest BCUT2D eigenvalue weighted by Gasteiger charge is -2.34. The van der Waals surface area contributed by atoms with Gasteiger partial charge in [-0.1, -0.05) is 0 Å². The van der Waals surface area contributed by atoms with Crippen molar-refractivity contribution in [3.63, 3.8) is 0 Å². The zero-order valence-corrected chi connectivity index (χ0v) is 17.2. The van der Waals surface area contributed by atoms with E-state index in [4.69, 9.17) is 0 Å². The third-order valence-corrected chi connectivity index (χ3v) is 6.82. The quantitative estimate of drug-likeness (QED) is 0.605. The summed E-state index contributed by atoms with van der Waals surface area (Å²) in [6.07, 6.45) is 3.74. The molecule has 2 amide bonds. The molecule has 2 rings (SSSR count). The van der Waals surface area contributed by atoms with Crippen LogP contribution in [0.5, 0.6) is 0 Å². The monoisotopic (exact) mass is 410 g/mol. The smallest absolute Gasteiger partial charge is 0.237 e. The van der Waals surface area contributed by atoms with Crippen molar-refractivity contribution in [3.05, 3.63) is 0 Å². The number of sulfonamides is 1. The van der Waals surface area contributed by atoms with Crippen LogP contribution in [0, 0.1) is 5.92 Å². The molecule has 0 aliphatic carbocycles. The number of likely N-dealkylation sites (N-methyl/N-ethyl adjacent to an activating group) is 1. The van der Waals surface area contributed by atoms with Crippen LogP contribution < -0.4 is 10.6 Å². The molecule has 2 unspecified atom stereocenters. The van der Waals surface area contributed by atoms with Gasteiger partial charge in [-0.3, -0.25) is 9.59 Å². The van der Waals surface area contributed by atoms with E-state index < -0.39 is 10.0 Å². The highest BCUT2D eigenvalue weighted by atomic mass is 35.5. The second kappa shape index (κ2) is 10.4. The van der Waals surface area contributed by atoms with Crippen LogP contribution in [0.25, 0.3) is 0 Å². The molecule has 0 saturated carbocycles. The number of halogens is 1. The summed E-state index contributed by atoms with van der Waals surface area (Å²) in [5, 5.41) is 6.16. The van der Waals surface area contributed by atoms with E-state index in [-0.39, 0.29) is 48.5 Å². The van der Waals surface area contributed by atoms with Gasteiger partial charge in [-0.05, 0) is 45.1 Å². The maximum absolute atomic E-state index is 12.4. The summed E-state index contributed by atoms with van der Waals surface area (Å²) in [6.45, 7) is 4.10. The molecule has 0 radical (unpaired) electrons. The molecule has 0 spiro atoms. The van der Waals surface area contributed by atoms with E-state index in [9.17, 15) is 18.0 Å². The highest BCUT2D eigenvalue weighted by Gasteiger charge is 2.28. The zero-order valence-electron chi connectivity index (χ0n) is 15.6. The van der Waals surface area contributed by atoms with Gasteiger partial charge in [0.1, 0.15) is 0 Å². The standard InChI is InChI=1S/C16H30N4O4S.ClH/c1-3-25(23,24)19(2)12-15(21)20-9-5-6-13(11-20)10-18-16(22)14-7-4-8-17-14;/h13-14,17H,3-12H2,1-2H3,(H,18,22);1H. The van der Waals surface area contributed by atoms with Gasteiger partial charge in [-0.15, -0.1) is 12.4 Å². The highest BCUT2D eigenvalue weighted by Crippen LogP contribution is 2.16. The molecule has 2 N–H and O–H groups in total. The minimum atomic E-state index is -3.35. The molecule has 0 aromatic heterocycles. The van der Waals surface area contributed by atoms with Gasteiger partial charge in [-0.2, -0.15) is 4.31 Å². The number of likely N-dealkylation sites (tertiary alicyclic amines) is 1. The van der Waals surface area contributed by atoms with Gasteiger partial charge in [0, 0.05) is 26.7 Å². The fourth-order valence-electron chi connectivity index (χ4n) is 3.34. The van der Waals surface area contributed by atoms with Crippen LogP contribution in [0.3, 0.4) is 0 Å². The third-order valence-electron chi connectivity index (χ3n) is 5.01. The predicted octanol–water partition coefficient (Wildman–Crippen LogP) is -0.203. The van der Waals surface area contributed by atoms with Crippen LogP contribution >= 0.6 is 12.4 Å². The Morgan fingerprint density at radius 3 is 2.62 bits per heavy atom. The molecule has 2 saturated heterocycles. The topological polar surface area (TPSA) is 98.8 Å². The second-order valence-corrected chi connectivity index (χ2v) is 9.26. The summed E-state index contributed by atoms with van der Waals surface area (Å²) >= 11 is 0. The molecule has 2 aliphatic rings. The van der Waals surface area contributed by atoms with E-state index in [1.54, 1.807) is 11.8 Å². The summed E-state index contributed by atoms with van der Waals surface area (Å²) in [7, 11) is -1.92. The minimum absolute atomic E-state index is 0. The first-order chi connectivity index (χ1) is 11.8. The first-order valence-corrected chi connectivity index (χ1v) is 10.7. The van der Waals surface area contributed by atoms with Crippen molar-refractivity contribution in [3.8, 4) is 0 Å². The van der Waals surface area contributed by atoms with Crippen LogP contribution in [-0.4, -0.2) is 81.0 Å². The van der Waals surface area contributed by atoms with E-state index >= 15 is 0 Å². The SMILES string of the molecule is CCS(=O)(=O)N(C)CC(=O)N1CCCC(CNC(=O)C2CCCN2)C1.Cl. The third kappa shape index (κ3) is 6.37. The van der Waals surface area contributed by atoms with E-state index in [1.165, 1.54) is 7.05 Å². The molecule has 2 aliphatic heterocycles. The maximum Gasteiger partial charge on any atom is 0.237 e. The molecule has 26 heavy (non-hydrogen) atoms. The molecule has 152 valence electrons. The zero-order chi connectivity index (χ0) is 18.4. The molecule has 0 aromatic carbocycles. The first-order valence-electron chi connectivity index (χ1n) is 9.06. The number of amides is 2. The Balaban J connectivity index is 0.00000338. The van der Waals surface area contributed by atoms with Crippen LogP contribution in [0.15, 0.2) is 0 Å². The van der Waals surface area contributed by atoms with Crippen molar-refractivity contribution in [2.75, 3.05) is 45.5 Å². The van der Waals surface area contributed by atoms with E-state index in [2.05, 4.69) is 10.6 Å². The van der Waals surface area contributed by atoms with Gasteiger partial charge in [0.2, 0.25) is 21.8 Å². The van der Waals surface area contributed by atoms with Gasteiger partial charge in [-0.25, -0.2) is 8.42 Å². The predicted molar refractivity (Wildman–Crippen MR) is 103 cm³/mol. The van der Waals surface area contributed by atoms with Crippen molar-refractivity contribution in [1.82, 2.24) is 19.8 Å². The van der Waals surface area contributed by atoms with E-state index in [0.29, 0.717) is 19.6 Å². The average molecular weight is 411 g/mol. The molecule has 0 aromatic rings. The Morgan fingerprint density at radius 1 is 1.27 bits per heavy atom. The average Bonchev–Trinajstić information content (AvgIpc) is 3.14. The van der Waals surface area contributed by atoms with E-state index in [1.807, 2.05) is 0 Å². The van der Waals surface area contributed by atoms with Gasteiger partial charge < -0.3 is 15.5 Å². The van der Waals surface area contributed by atoms with Gasteiger partial charge in [0.15, 0.2) is 0 Å². The summed E-state index contributed by atoms with van der Waals surface area (Å²) in [6, 6.07) is -0.0887. The minimum Gasteiger partial charge on any atom is -0.354 e. The Labute approximate surface area is 162 Å². The number of nitrogens with one attached hydrogen (secondary N) is 2. The summed E-state index contributed by atoms with van der Waals surface area (Å²) < 4.78 is 24.7. The van der Waals surface area contributed by atoms with Crippen molar-refractivity contribution in [2.24, 2.45) is 5.92 Å². The van der Waals surface area contributed by atoms with Crippen molar-refractivity contribution in [1.29, 1.82) is 0 Å². The summed E-state index contributed by atoms with van der Waals surface area (Å²) in [5.41, 5.74) is 0. The van der Waals surface area contributed by atoms with E-state index in [0.717, 1.165) is 36.5 Å². The Morgan fingerprint density at radius 2 is 2.00 bits per heavy atom.